The van der Waals surface area contributed by atoms with E-state index >= 15 is 0 Å². The summed E-state index contributed by atoms with van der Waals surface area (Å²) in [6.45, 7) is 1.93. The quantitative estimate of drug-likeness (QED) is 0.356. The molecule has 2 amide bonds. The van der Waals surface area contributed by atoms with E-state index in [1.807, 2.05) is 67.6 Å². The maximum Gasteiger partial charge on any atom is 0.326 e. The van der Waals surface area contributed by atoms with Gasteiger partial charge in [0, 0.05) is 16.3 Å². The Hall–Kier alpha value is -3.90. The molecule has 1 aromatic heterocycles. The summed E-state index contributed by atoms with van der Waals surface area (Å²) in [5.74, 6) is 0.865. The van der Waals surface area contributed by atoms with Gasteiger partial charge in [-0.05, 0) is 67.1 Å². The van der Waals surface area contributed by atoms with Crippen LogP contribution in [0.25, 0.3) is 17.0 Å². The Morgan fingerprint density at radius 3 is 2.57 bits per heavy atom. The molecule has 3 aromatic carbocycles. The van der Waals surface area contributed by atoms with E-state index in [9.17, 15) is 4.79 Å². The monoisotopic (exact) mass is 482 g/mol. The predicted molar refractivity (Wildman–Crippen MR) is 136 cm³/mol. The van der Waals surface area contributed by atoms with Crippen molar-refractivity contribution in [3.8, 4) is 11.4 Å². The van der Waals surface area contributed by atoms with Crippen LogP contribution in [0.3, 0.4) is 0 Å². The standard InChI is InChI=1S/C28H23ClN4O2/c1-17-24(27-31-26(32-35-27)20-6-3-2-4-7-20)25(19-10-13-22(29)14-11-19)30-28(34)33(17)23-15-12-18-8-5-9-21(18)16-23/h2-4,6-7,10-16,25H,5,8-9H2,1H3,(H,30,34). The number of carbonyl (C=O) groups is 1. The number of rotatable bonds is 4. The van der Waals surface area contributed by atoms with Crippen LogP contribution in [-0.4, -0.2) is 16.2 Å². The lowest BCUT2D eigenvalue weighted by Crippen LogP contribution is -2.46. The molecule has 6 rings (SSSR count). The lowest BCUT2D eigenvalue weighted by molar-refractivity contribution is 0.244. The first-order valence-corrected chi connectivity index (χ1v) is 12.0. The molecule has 6 nitrogen and oxygen atoms in total. The first kappa shape index (κ1) is 21.6. The smallest absolute Gasteiger partial charge is 0.326 e. The normalized spacial score (nSPS) is 17.5. The minimum absolute atomic E-state index is 0.202. The molecule has 0 fully saturated rings. The number of allylic oxidation sites excluding steroid dienone is 1. The van der Waals surface area contributed by atoms with E-state index in [0.717, 1.165) is 47.3 Å². The van der Waals surface area contributed by atoms with Crippen LogP contribution >= 0.6 is 11.6 Å². The topological polar surface area (TPSA) is 71.3 Å². The number of hydrogen-bond donors (Lipinski definition) is 1. The fourth-order valence-electron chi connectivity index (χ4n) is 4.97. The Labute approximate surface area is 208 Å². The summed E-state index contributed by atoms with van der Waals surface area (Å²) in [5, 5.41) is 8.01. The van der Waals surface area contributed by atoms with Gasteiger partial charge in [0.2, 0.25) is 5.82 Å². The van der Waals surface area contributed by atoms with Gasteiger partial charge in [-0.15, -0.1) is 0 Å². The van der Waals surface area contributed by atoms with Gasteiger partial charge in [0.1, 0.15) is 0 Å². The van der Waals surface area contributed by atoms with E-state index in [1.54, 1.807) is 4.90 Å². The molecule has 0 bridgehead atoms. The highest BCUT2D eigenvalue weighted by Crippen LogP contribution is 2.40. The summed E-state index contributed by atoms with van der Waals surface area (Å²) in [6.07, 6.45) is 3.27. The number of urea groups is 1. The number of anilines is 1. The number of fused-ring (bicyclic) bond motifs is 1. The molecule has 0 saturated heterocycles. The van der Waals surface area contributed by atoms with Crippen LogP contribution < -0.4 is 10.2 Å². The zero-order valence-corrected chi connectivity index (χ0v) is 19.9. The van der Waals surface area contributed by atoms with Crippen LogP contribution in [0.2, 0.25) is 5.02 Å². The van der Waals surface area contributed by atoms with Crippen LogP contribution in [0.1, 0.15) is 42.0 Å². The second kappa shape index (κ2) is 8.71. The van der Waals surface area contributed by atoms with Gasteiger partial charge in [0.25, 0.3) is 5.89 Å². The molecular formula is C28H23ClN4O2. The van der Waals surface area contributed by atoms with Crippen molar-refractivity contribution in [1.29, 1.82) is 0 Å². The maximum absolute atomic E-state index is 13.4. The largest absolute Gasteiger partial charge is 0.334 e. The lowest BCUT2D eigenvalue weighted by Gasteiger charge is -2.35. The number of benzene rings is 3. The highest BCUT2D eigenvalue weighted by molar-refractivity contribution is 6.30. The van der Waals surface area contributed by atoms with Crippen molar-refractivity contribution in [3.05, 3.63) is 106 Å². The molecule has 1 aliphatic heterocycles. The molecule has 0 spiro atoms. The summed E-state index contributed by atoms with van der Waals surface area (Å²) in [4.78, 5) is 19.9. The molecule has 174 valence electrons. The summed E-state index contributed by atoms with van der Waals surface area (Å²) < 4.78 is 5.77. The Bertz CT molecular complexity index is 1440. The number of aromatic nitrogens is 2. The summed E-state index contributed by atoms with van der Waals surface area (Å²) in [5.41, 5.74) is 6.72. The number of carbonyl (C=O) groups excluding carboxylic acids is 1. The summed E-state index contributed by atoms with van der Waals surface area (Å²) in [7, 11) is 0. The molecule has 2 heterocycles. The Kier molecular flexibility index (Phi) is 5.38. The summed E-state index contributed by atoms with van der Waals surface area (Å²) >= 11 is 6.13. The van der Waals surface area contributed by atoms with Crippen molar-refractivity contribution >= 4 is 28.9 Å². The Morgan fingerprint density at radius 2 is 1.77 bits per heavy atom. The minimum Gasteiger partial charge on any atom is -0.334 e. The van der Waals surface area contributed by atoms with Crippen LogP contribution in [0.15, 0.2) is 83.0 Å². The van der Waals surface area contributed by atoms with E-state index < -0.39 is 6.04 Å². The Morgan fingerprint density at radius 1 is 1.00 bits per heavy atom. The third kappa shape index (κ3) is 3.90. The molecule has 0 radical (unpaired) electrons. The third-order valence-electron chi connectivity index (χ3n) is 6.72. The highest BCUT2D eigenvalue weighted by Gasteiger charge is 2.36. The second-order valence-electron chi connectivity index (χ2n) is 8.86. The van der Waals surface area contributed by atoms with Gasteiger partial charge in [0.15, 0.2) is 0 Å². The van der Waals surface area contributed by atoms with Crippen molar-refractivity contribution in [3.63, 3.8) is 0 Å². The van der Waals surface area contributed by atoms with E-state index in [1.165, 1.54) is 11.1 Å². The van der Waals surface area contributed by atoms with Crippen LogP contribution in [0.5, 0.6) is 0 Å². The van der Waals surface area contributed by atoms with Gasteiger partial charge in [-0.2, -0.15) is 4.98 Å². The number of amides is 2. The molecule has 7 heteroatoms. The van der Waals surface area contributed by atoms with E-state index in [0.29, 0.717) is 16.7 Å². The molecule has 4 aromatic rings. The molecule has 1 atom stereocenters. The number of halogens is 1. The van der Waals surface area contributed by atoms with Crippen molar-refractivity contribution in [2.45, 2.75) is 32.2 Å². The van der Waals surface area contributed by atoms with Crippen molar-refractivity contribution in [1.82, 2.24) is 15.5 Å². The average molecular weight is 483 g/mol. The fraction of sp³-hybridized carbons (Fsp3) is 0.179. The fourth-order valence-corrected chi connectivity index (χ4v) is 5.10. The van der Waals surface area contributed by atoms with E-state index in [-0.39, 0.29) is 6.03 Å². The van der Waals surface area contributed by atoms with E-state index in [4.69, 9.17) is 21.1 Å². The number of hydrogen-bond acceptors (Lipinski definition) is 4. The molecule has 1 aliphatic carbocycles. The molecule has 35 heavy (non-hydrogen) atoms. The molecular weight excluding hydrogens is 460 g/mol. The molecule has 2 aliphatic rings. The van der Waals surface area contributed by atoms with E-state index in [2.05, 4.69) is 22.6 Å². The van der Waals surface area contributed by atoms with Gasteiger partial charge >= 0.3 is 6.03 Å². The first-order valence-electron chi connectivity index (χ1n) is 11.7. The van der Waals surface area contributed by atoms with Crippen molar-refractivity contribution in [2.75, 3.05) is 4.90 Å². The van der Waals surface area contributed by atoms with Crippen molar-refractivity contribution in [2.24, 2.45) is 0 Å². The number of nitrogens with one attached hydrogen (secondary N) is 1. The van der Waals surface area contributed by atoms with Crippen molar-refractivity contribution < 1.29 is 9.32 Å². The van der Waals surface area contributed by atoms with Gasteiger partial charge < -0.3 is 9.84 Å². The SMILES string of the molecule is CC1=C(c2nc(-c3ccccc3)no2)C(c2ccc(Cl)cc2)NC(=O)N1c1ccc2c(c1)CCC2. The number of nitrogens with zero attached hydrogens (tertiary/aromatic N) is 3. The van der Waals surface area contributed by atoms with Crippen LogP contribution in [-0.2, 0) is 12.8 Å². The molecule has 1 N–H and O–H groups in total. The maximum atomic E-state index is 13.4. The first-order chi connectivity index (χ1) is 17.1. The average Bonchev–Trinajstić information content (AvgIpc) is 3.54. The predicted octanol–water partition coefficient (Wildman–Crippen LogP) is 6.58. The van der Waals surface area contributed by atoms with Gasteiger partial charge in [0.05, 0.1) is 17.3 Å². The second-order valence-corrected chi connectivity index (χ2v) is 9.30. The zero-order chi connectivity index (χ0) is 23.9. The highest BCUT2D eigenvalue weighted by atomic mass is 35.5. The van der Waals surface area contributed by atoms with Gasteiger partial charge in [-0.1, -0.05) is 65.3 Å². The Balaban J connectivity index is 1.49. The number of aryl methyl sites for hydroxylation is 2. The van der Waals surface area contributed by atoms with Crippen LogP contribution in [0, 0.1) is 0 Å². The molecule has 1 unspecified atom stereocenters. The summed E-state index contributed by atoms with van der Waals surface area (Å²) in [6, 6.07) is 22.7. The lowest BCUT2D eigenvalue weighted by atomic mass is 9.94. The van der Waals surface area contributed by atoms with Gasteiger partial charge in [-0.25, -0.2) is 4.79 Å². The zero-order valence-electron chi connectivity index (χ0n) is 19.2. The van der Waals surface area contributed by atoms with Gasteiger partial charge in [-0.3, -0.25) is 4.90 Å². The molecule has 0 saturated carbocycles. The minimum atomic E-state index is -0.463. The van der Waals surface area contributed by atoms with Crippen LogP contribution in [0.4, 0.5) is 10.5 Å². The third-order valence-corrected chi connectivity index (χ3v) is 6.97.